The molecule has 2 amide bonds. The van der Waals surface area contributed by atoms with Crippen LogP contribution in [0.1, 0.15) is 28.8 Å². The third kappa shape index (κ3) is 3.73. The van der Waals surface area contributed by atoms with Crippen molar-refractivity contribution in [2.75, 3.05) is 5.32 Å². The van der Waals surface area contributed by atoms with Gasteiger partial charge in [0.15, 0.2) is 0 Å². The fourth-order valence-corrected chi connectivity index (χ4v) is 4.78. The number of benzene rings is 1. The molecule has 0 saturated heterocycles. The number of halogens is 2. The lowest BCUT2D eigenvalue weighted by Gasteiger charge is -2.14. The van der Waals surface area contributed by atoms with Crippen LogP contribution < -0.4 is 10.6 Å². The van der Waals surface area contributed by atoms with Crippen LogP contribution in [0.25, 0.3) is 5.00 Å². The van der Waals surface area contributed by atoms with Crippen molar-refractivity contribution in [3.05, 3.63) is 70.4 Å². The molecular formula is C20H19F2N3OS. The lowest BCUT2D eigenvalue weighted by Crippen LogP contribution is -2.29. The zero-order chi connectivity index (χ0) is 18.8. The average molecular weight is 387 g/mol. The Morgan fingerprint density at radius 2 is 1.93 bits per heavy atom. The normalized spacial score (nSPS) is 13.3. The number of aromatic nitrogens is 1. The van der Waals surface area contributed by atoms with Crippen molar-refractivity contribution < 1.29 is 13.6 Å². The summed E-state index contributed by atoms with van der Waals surface area (Å²) in [6.45, 7) is 0.335. The number of fused-ring (bicyclic) bond motifs is 1. The summed E-state index contributed by atoms with van der Waals surface area (Å²) in [5, 5.41) is 6.27. The summed E-state index contributed by atoms with van der Waals surface area (Å²) >= 11 is 1.76. The Balaban J connectivity index is 1.53. The molecule has 0 unspecified atom stereocenters. The lowest BCUT2D eigenvalue weighted by atomic mass is 9.95. The van der Waals surface area contributed by atoms with E-state index in [1.807, 2.05) is 24.5 Å². The number of nitrogens with one attached hydrogen (secondary N) is 2. The Morgan fingerprint density at radius 1 is 1.15 bits per heavy atom. The van der Waals surface area contributed by atoms with Gasteiger partial charge in [-0.3, -0.25) is 0 Å². The van der Waals surface area contributed by atoms with Crippen molar-refractivity contribution in [1.29, 1.82) is 0 Å². The van der Waals surface area contributed by atoms with E-state index in [1.54, 1.807) is 11.3 Å². The van der Waals surface area contributed by atoms with Crippen LogP contribution in [0.4, 0.5) is 19.3 Å². The van der Waals surface area contributed by atoms with Crippen LogP contribution in [0.2, 0.25) is 0 Å². The largest absolute Gasteiger partial charge is 0.334 e. The van der Waals surface area contributed by atoms with Gasteiger partial charge in [-0.15, -0.1) is 11.3 Å². The first kappa shape index (κ1) is 17.7. The van der Waals surface area contributed by atoms with Gasteiger partial charge in [0.2, 0.25) is 0 Å². The number of thiophene rings is 1. The van der Waals surface area contributed by atoms with Crippen LogP contribution in [-0.4, -0.2) is 10.6 Å². The lowest BCUT2D eigenvalue weighted by molar-refractivity contribution is 0.251. The van der Waals surface area contributed by atoms with Crippen molar-refractivity contribution in [2.24, 2.45) is 0 Å². The van der Waals surface area contributed by atoms with Gasteiger partial charge in [0.1, 0.15) is 16.6 Å². The molecule has 1 aromatic carbocycles. The highest BCUT2D eigenvalue weighted by atomic mass is 32.1. The summed E-state index contributed by atoms with van der Waals surface area (Å²) in [4.78, 5) is 13.6. The number of carbonyl (C=O) groups excluding carboxylic acids is 1. The molecule has 0 spiro atoms. The highest BCUT2D eigenvalue weighted by molar-refractivity contribution is 7.14. The third-order valence-corrected chi connectivity index (χ3v) is 6.05. The Hall–Kier alpha value is -2.67. The summed E-state index contributed by atoms with van der Waals surface area (Å²) in [5.74, 6) is -1.28. The molecule has 2 heterocycles. The van der Waals surface area contributed by atoms with Crippen LogP contribution in [0.5, 0.6) is 0 Å². The number of rotatable bonds is 4. The summed E-state index contributed by atoms with van der Waals surface area (Å²) < 4.78 is 29.0. The van der Waals surface area contributed by atoms with Crippen LogP contribution in [0.15, 0.2) is 42.7 Å². The molecule has 0 fully saturated rings. The molecule has 0 bridgehead atoms. The van der Waals surface area contributed by atoms with Gasteiger partial charge in [-0.25, -0.2) is 13.6 Å². The maximum absolute atomic E-state index is 13.7. The quantitative estimate of drug-likeness (QED) is 0.649. The molecule has 2 N–H and O–H groups in total. The minimum atomic E-state index is -0.674. The molecule has 3 aromatic rings. The highest BCUT2D eigenvalue weighted by Crippen LogP contribution is 2.36. The molecule has 140 valence electrons. The highest BCUT2D eigenvalue weighted by Gasteiger charge is 2.22. The number of nitrogens with zero attached hydrogens (tertiary/aromatic N) is 1. The van der Waals surface area contributed by atoms with Crippen LogP contribution in [0, 0.1) is 11.6 Å². The fourth-order valence-electron chi connectivity index (χ4n) is 3.41. The predicted octanol–water partition coefficient (Wildman–Crippen LogP) is 5.02. The maximum atomic E-state index is 13.7. The van der Waals surface area contributed by atoms with E-state index in [0.29, 0.717) is 6.54 Å². The second-order valence-electron chi connectivity index (χ2n) is 6.52. The Kier molecular flexibility index (Phi) is 4.94. The van der Waals surface area contributed by atoms with E-state index in [0.717, 1.165) is 48.0 Å². The van der Waals surface area contributed by atoms with Crippen molar-refractivity contribution >= 4 is 23.1 Å². The molecule has 27 heavy (non-hydrogen) atoms. The number of carbonyl (C=O) groups is 1. The smallest absolute Gasteiger partial charge is 0.319 e. The standard InChI is InChI=1S/C20H19F2N3OS/c21-13-7-8-16(22)17(11-13)24-20(26)23-12-15-14-5-1-2-6-18(14)27-19(15)25-9-3-4-10-25/h3-4,7-11H,1-2,5-6,12H2,(H2,23,24,26). The predicted molar refractivity (Wildman–Crippen MR) is 103 cm³/mol. The molecular weight excluding hydrogens is 368 g/mol. The van der Waals surface area contributed by atoms with Gasteiger partial charge >= 0.3 is 6.03 Å². The number of aryl methyl sites for hydroxylation is 1. The zero-order valence-electron chi connectivity index (χ0n) is 14.6. The number of amides is 2. The first-order valence-corrected chi connectivity index (χ1v) is 9.70. The molecule has 0 aliphatic heterocycles. The van der Waals surface area contributed by atoms with Gasteiger partial charge in [0.25, 0.3) is 0 Å². The van der Waals surface area contributed by atoms with Gasteiger partial charge in [0.05, 0.1) is 5.69 Å². The van der Waals surface area contributed by atoms with Crippen molar-refractivity contribution in [3.63, 3.8) is 0 Å². The summed E-state index contributed by atoms with van der Waals surface area (Å²) in [5.41, 5.74) is 2.23. The average Bonchev–Trinajstić information content (AvgIpc) is 3.30. The van der Waals surface area contributed by atoms with E-state index in [2.05, 4.69) is 15.2 Å². The van der Waals surface area contributed by atoms with Gasteiger partial charge in [-0.1, -0.05) is 0 Å². The number of hydrogen-bond donors (Lipinski definition) is 2. The van der Waals surface area contributed by atoms with Gasteiger partial charge in [-0.05, 0) is 55.5 Å². The van der Waals surface area contributed by atoms with E-state index in [9.17, 15) is 13.6 Å². The fraction of sp³-hybridized carbons (Fsp3) is 0.250. The Labute approximate surface area is 159 Å². The summed E-state index contributed by atoms with van der Waals surface area (Å²) in [6, 6.07) is 6.34. The molecule has 0 atom stereocenters. The van der Waals surface area contributed by atoms with E-state index in [4.69, 9.17) is 0 Å². The van der Waals surface area contributed by atoms with Crippen LogP contribution >= 0.6 is 11.3 Å². The molecule has 0 radical (unpaired) electrons. The number of hydrogen-bond acceptors (Lipinski definition) is 2. The van der Waals surface area contributed by atoms with E-state index in [1.165, 1.54) is 16.9 Å². The van der Waals surface area contributed by atoms with Gasteiger partial charge in [0, 0.05) is 35.4 Å². The molecule has 4 rings (SSSR count). The molecule has 7 heteroatoms. The van der Waals surface area contributed by atoms with Crippen molar-refractivity contribution in [1.82, 2.24) is 9.88 Å². The Bertz CT molecular complexity index is 966. The minimum absolute atomic E-state index is 0.175. The van der Waals surface area contributed by atoms with Crippen molar-refractivity contribution in [2.45, 2.75) is 32.2 Å². The maximum Gasteiger partial charge on any atom is 0.319 e. The SMILES string of the molecule is O=C(NCc1c(-n2cccc2)sc2c1CCCC2)Nc1cc(F)ccc1F. The van der Waals surface area contributed by atoms with E-state index < -0.39 is 17.7 Å². The Morgan fingerprint density at radius 3 is 2.74 bits per heavy atom. The van der Waals surface area contributed by atoms with Gasteiger partial charge in [-0.2, -0.15) is 0 Å². The summed E-state index contributed by atoms with van der Waals surface area (Å²) in [6.07, 6.45) is 8.37. The molecule has 2 aromatic heterocycles. The van der Waals surface area contributed by atoms with Crippen LogP contribution in [0.3, 0.4) is 0 Å². The first-order valence-electron chi connectivity index (χ1n) is 8.88. The third-order valence-electron chi connectivity index (χ3n) is 4.70. The monoisotopic (exact) mass is 387 g/mol. The first-order chi connectivity index (χ1) is 13.1. The molecule has 4 nitrogen and oxygen atoms in total. The minimum Gasteiger partial charge on any atom is -0.334 e. The second-order valence-corrected chi connectivity index (χ2v) is 7.60. The van der Waals surface area contributed by atoms with E-state index >= 15 is 0 Å². The topological polar surface area (TPSA) is 46.1 Å². The van der Waals surface area contributed by atoms with E-state index in [-0.39, 0.29) is 5.69 Å². The summed E-state index contributed by atoms with van der Waals surface area (Å²) in [7, 11) is 0. The number of anilines is 1. The number of urea groups is 1. The van der Waals surface area contributed by atoms with Crippen molar-refractivity contribution in [3.8, 4) is 5.00 Å². The molecule has 1 aliphatic carbocycles. The van der Waals surface area contributed by atoms with Gasteiger partial charge < -0.3 is 15.2 Å². The molecule has 0 saturated carbocycles. The molecule has 1 aliphatic rings. The van der Waals surface area contributed by atoms with Crippen LogP contribution in [-0.2, 0) is 19.4 Å². The zero-order valence-corrected chi connectivity index (χ0v) is 15.4. The second kappa shape index (κ2) is 7.52.